The molecule has 2 rings (SSSR count). The zero-order valence-electron chi connectivity index (χ0n) is 9.92. The van der Waals surface area contributed by atoms with Crippen LogP contribution in [0.2, 0.25) is 0 Å². The number of anilines is 1. The minimum atomic E-state index is -0.178. The molecule has 0 aliphatic heterocycles. The first-order chi connectivity index (χ1) is 8.78. The lowest BCUT2D eigenvalue weighted by molar-refractivity contribution is -0.111. The van der Waals surface area contributed by atoms with Crippen LogP contribution in [0, 0.1) is 0 Å². The number of hydrogen-bond acceptors (Lipinski definition) is 5. The van der Waals surface area contributed by atoms with E-state index in [1.165, 1.54) is 17.4 Å². The van der Waals surface area contributed by atoms with Crippen molar-refractivity contribution in [3.63, 3.8) is 0 Å². The lowest BCUT2D eigenvalue weighted by atomic mass is 10.4. The lowest BCUT2D eigenvalue weighted by Crippen LogP contribution is -2.07. The van der Waals surface area contributed by atoms with Gasteiger partial charge in [-0.25, -0.2) is 0 Å². The fourth-order valence-corrected chi connectivity index (χ4v) is 2.77. The Balaban J connectivity index is 1.90. The van der Waals surface area contributed by atoms with Gasteiger partial charge < -0.3 is 0 Å². The molecule has 6 heteroatoms. The molecule has 2 heterocycles. The molecule has 0 saturated carbocycles. The predicted molar refractivity (Wildman–Crippen MR) is 75.9 cm³/mol. The van der Waals surface area contributed by atoms with Gasteiger partial charge in [0.2, 0.25) is 11.0 Å². The van der Waals surface area contributed by atoms with E-state index in [1.807, 2.05) is 17.5 Å². The highest BCUT2D eigenvalue weighted by Gasteiger charge is 2.05. The predicted octanol–water partition coefficient (Wildman–Crippen LogP) is 3.20. The van der Waals surface area contributed by atoms with E-state index >= 15 is 0 Å². The molecule has 0 radical (unpaired) electrons. The molecule has 0 spiro atoms. The molecule has 1 amide bonds. The van der Waals surface area contributed by atoms with Crippen LogP contribution < -0.4 is 5.32 Å². The van der Waals surface area contributed by atoms with Crippen LogP contribution in [0.25, 0.3) is 6.08 Å². The molecular weight excluding hydrogens is 266 g/mol. The smallest absolute Gasteiger partial charge is 0.250 e. The Morgan fingerprint density at radius 2 is 2.39 bits per heavy atom. The third-order valence-corrected chi connectivity index (χ3v) is 3.84. The van der Waals surface area contributed by atoms with Gasteiger partial charge in [-0.1, -0.05) is 24.3 Å². The normalized spacial score (nSPS) is 10.9. The minimum absolute atomic E-state index is 0.178. The van der Waals surface area contributed by atoms with E-state index < -0.39 is 0 Å². The Morgan fingerprint density at radius 3 is 3.11 bits per heavy atom. The Morgan fingerprint density at radius 1 is 1.50 bits per heavy atom. The van der Waals surface area contributed by atoms with Crippen molar-refractivity contribution in [1.82, 2.24) is 10.2 Å². The van der Waals surface area contributed by atoms with Gasteiger partial charge in [-0.15, -0.1) is 21.5 Å². The first-order valence-corrected chi connectivity index (χ1v) is 7.32. The third kappa shape index (κ3) is 3.75. The molecule has 0 atom stereocenters. The second-order valence-corrected chi connectivity index (χ2v) is 5.63. The number of hydrogen-bond donors (Lipinski definition) is 1. The van der Waals surface area contributed by atoms with E-state index in [-0.39, 0.29) is 5.91 Å². The summed E-state index contributed by atoms with van der Waals surface area (Å²) in [6.45, 7) is 2.09. The van der Waals surface area contributed by atoms with Gasteiger partial charge in [0.05, 0.1) is 0 Å². The molecule has 2 aromatic heterocycles. The summed E-state index contributed by atoms with van der Waals surface area (Å²) >= 11 is 3.01. The van der Waals surface area contributed by atoms with Crippen LogP contribution >= 0.6 is 22.7 Å². The van der Waals surface area contributed by atoms with Crippen molar-refractivity contribution in [2.75, 3.05) is 5.32 Å². The quantitative estimate of drug-likeness (QED) is 0.855. The van der Waals surface area contributed by atoms with Gasteiger partial charge in [0.25, 0.3) is 0 Å². The number of nitrogens with one attached hydrogen (secondary N) is 1. The number of rotatable bonds is 5. The van der Waals surface area contributed by atoms with E-state index in [4.69, 9.17) is 0 Å². The molecule has 0 fully saturated rings. The van der Waals surface area contributed by atoms with Gasteiger partial charge in [0, 0.05) is 17.4 Å². The zero-order valence-corrected chi connectivity index (χ0v) is 11.6. The number of nitrogens with zero attached hydrogens (tertiary/aromatic N) is 2. The maximum atomic E-state index is 11.6. The monoisotopic (exact) mass is 279 g/mol. The fourth-order valence-electron chi connectivity index (χ4n) is 1.31. The highest BCUT2D eigenvalue weighted by atomic mass is 32.1. The Hall–Kier alpha value is -1.53. The van der Waals surface area contributed by atoms with Crippen LogP contribution in [0.1, 0.15) is 23.2 Å². The molecule has 0 aliphatic rings. The molecule has 18 heavy (non-hydrogen) atoms. The van der Waals surface area contributed by atoms with Gasteiger partial charge in [-0.2, -0.15) is 0 Å². The first kappa shape index (κ1) is 12.9. The van der Waals surface area contributed by atoms with Crippen LogP contribution in [0.3, 0.4) is 0 Å². The zero-order chi connectivity index (χ0) is 12.8. The average molecular weight is 279 g/mol. The van der Waals surface area contributed by atoms with Crippen LogP contribution in [-0.2, 0) is 11.2 Å². The van der Waals surface area contributed by atoms with E-state index in [9.17, 15) is 4.79 Å². The number of aromatic nitrogens is 2. The molecule has 1 N–H and O–H groups in total. The second-order valence-electron chi connectivity index (χ2n) is 3.59. The van der Waals surface area contributed by atoms with Crippen LogP contribution in [-0.4, -0.2) is 16.1 Å². The average Bonchev–Trinajstić information content (AvgIpc) is 2.99. The fraction of sp³-hybridized carbons (Fsp3) is 0.250. The van der Waals surface area contributed by atoms with E-state index in [1.54, 1.807) is 17.4 Å². The largest absolute Gasteiger partial charge is 0.297 e. The molecule has 4 nitrogen and oxygen atoms in total. The second kappa shape index (κ2) is 6.42. The first-order valence-electron chi connectivity index (χ1n) is 5.63. The van der Waals surface area contributed by atoms with E-state index in [2.05, 4.69) is 22.4 Å². The minimum Gasteiger partial charge on any atom is -0.297 e. The molecule has 0 aromatic carbocycles. The summed E-state index contributed by atoms with van der Waals surface area (Å²) in [5.41, 5.74) is 0. The summed E-state index contributed by atoms with van der Waals surface area (Å²) in [5.74, 6) is -0.178. The molecule has 0 unspecified atom stereocenters. The Bertz CT molecular complexity index is 531. The van der Waals surface area contributed by atoms with Crippen molar-refractivity contribution in [3.05, 3.63) is 33.5 Å². The van der Waals surface area contributed by atoms with Crippen molar-refractivity contribution in [3.8, 4) is 0 Å². The summed E-state index contributed by atoms with van der Waals surface area (Å²) in [6, 6.07) is 3.91. The Kier molecular flexibility index (Phi) is 4.60. The summed E-state index contributed by atoms with van der Waals surface area (Å²) in [6.07, 6.45) is 5.22. The van der Waals surface area contributed by atoms with Crippen molar-refractivity contribution in [1.29, 1.82) is 0 Å². The molecule has 0 saturated heterocycles. The highest BCUT2D eigenvalue weighted by Crippen LogP contribution is 2.16. The van der Waals surface area contributed by atoms with Crippen LogP contribution in [0.5, 0.6) is 0 Å². The number of carbonyl (C=O) groups is 1. The Labute approximate surface area is 113 Å². The summed E-state index contributed by atoms with van der Waals surface area (Å²) < 4.78 is 0. The van der Waals surface area contributed by atoms with Crippen molar-refractivity contribution < 1.29 is 4.79 Å². The maximum absolute atomic E-state index is 11.6. The number of thiophene rings is 1. The topological polar surface area (TPSA) is 54.9 Å². The standard InChI is InChI=1S/C12H13N3OS2/c1-2-4-11-14-15-12(18-11)13-10(16)7-6-9-5-3-8-17-9/h3,5-8H,2,4H2,1H3,(H,13,15,16). The number of carbonyl (C=O) groups excluding carboxylic acids is 1. The van der Waals surface area contributed by atoms with E-state index in [0.29, 0.717) is 5.13 Å². The van der Waals surface area contributed by atoms with Crippen LogP contribution in [0.4, 0.5) is 5.13 Å². The van der Waals surface area contributed by atoms with Gasteiger partial charge >= 0.3 is 0 Å². The van der Waals surface area contributed by atoms with Crippen molar-refractivity contribution >= 4 is 39.8 Å². The summed E-state index contributed by atoms with van der Waals surface area (Å²) in [4.78, 5) is 12.7. The van der Waals surface area contributed by atoms with Gasteiger partial charge in [0.1, 0.15) is 5.01 Å². The molecule has 0 bridgehead atoms. The molecule has 2 aromatic rings. The van der Waals surface area contributed by atoms with Gasteiger partial charge in [0.15, 0.2) is 0 Å². The molecule has 0 aliphatic carbocycles. The van der Waals surface area contributed by atoms with Crippen molar-refractivity contribution in [2.45, 2.75) is 19.8 Å². The van der Waals surface area contributed by atoms with Crippen LogP contribution in [0.15, 0.2) is 23.6 Å². The van der Waals surface area contributed by atoms with Gasteiger partial charge in [-0.3, -0.25) is 10.1 Å². The SMILES string of the molecule is CCCc1nnc(NC(=O)C=Cc2cccs2)s1. The molecular formula is C12H13N3OS2. The van der Waals surface area contributed by atoms with Crippen molar-refractivity contribution in [2.24, 2.45) is 0 Å². The molecule has 94 valence electrons. The van der Waals surface area contributed by atoms with Gasteiger partial charge in [-0.05, 0) is 23.9 Å². The third-order valence-electron chi connectivity index (χ3n) is 2.10. The maximum Gasteiger partial charge on any atom is 0.250 e. The lowest BCUT2D eigenvalue weighted by Gasteiger charge is -1.93. The van der Waals surface area contributed by atoms with E-state index in [0.717, 1.165) is 22.7 Å². The summed E-state index contributed by atoms with van der Waals surface area (Å²) in [5, 5.41) is 14.1. The number of aryl methyl sites for hydroxylation is 1. The number of amides is 1. The highest BCUT2D eigenvalue weighted by molar-refractivity contribution is 7.15. The summed E-state index contributed by atoms with van der Waals surface area (Å²) in [7, 11) is 0.